The Balaban J connectivity index is 1.94. The summed E-state index contributed by atoms with van der Waals surface area (Å²) in [7, 11) is 1.51. The molecule has 0 spiro atoms. The van der Waals surface area contributed by atoms with Crippen LogP contribution in [0.2, 0.25) is 0 Å². The van der Waals surface area contributed by atoms with Crippen molar-refractivity contribution in [1.82, 2.24) is 0 Å². The summed E-state index contributed by atoms with van der Waals surface area (Å²) in [5.41, 5.74) is 0.538. The minimum Gasteiger partial charge on any atom is -0.495 e. The van der Waals surface area contributed by atoms with Gasteiger partial charge < -0.3 is 9.15 Å². The van der Waals surface area contributed by atoms with E-state index < -0.39 is 4.92 Å². The number of anilines is 1. The Kier molecular flexibility index (Phi) is 4.36. The van der Waals surface area contributed by atoms with Crippen LogP contribution in [0.1, 0.15) is 5.76 Å². The molecule has 2 heterocycles. The van der Waals surface area contributed by atoms with Crippen LogP contribution < -0.4 is 9.64 Å². The second-order valence-electron chi connectivity index (χ2n) is 4.62. The van der Waals surface area contributed by atoms with Crippen molar-refractivity contribution in [2.45, 2.75) is 0 Å². The number of thioether (sulfide) groups is 1. The Bertz CT molecular complexity index is 874. The summed E-state index contributed by atoms with van der Waals surface area (Å²) in [6.07, 6.45) is 1.43. The van der Waals surface area contributed by atoms with Gasteiger partial charge in [0.25, 0.3) is 5.91 Å². The summed E-state index contributed by atoms with van der Waals surface area (Å²) in [4.78, 5) is 24.3. The molecule has 0 radical (unpaired) electrons. The van der Waals surface area contributed by atoms with Gasteiger partial charge in [-0.25, -0.2) is 0 Å². The van der Waals surface area contributed by atoms with E-state index in [-0.39, 0.29) is 17.6 Å². The molecule has 1 aromatic carbocycles. The van der Waals surface area contributed by atoms with Crippen LogP contribution in [-0.2, 0) is 4.79 Å². The molecule has 122 valence electrons. The number of methoxy groups -OCH3 is 1. The van der Waals surface area contributed by atoms with E-state index >= 15 is 0 Å². The summed E-state index contributed by atoms with van der Waals surface area (Å²) in [6, 6.07) is 9.67. The van der Waals surface area contributed by atoms with Crippen molar-refractivity contribution in [2.24, 2.45) is 0 Å². The predicted molar refractivity (Wildman–Crippen MR) is 94.0 cm³/mol. The number of ether oxygens (including phenoxy) is 1. The second-order valence-corrected chi connectivity index (χ2v) is 6.30. The van der Waals surface area contributed by atoms with Crippen molar-refractivity contribution >= 4 is 51.9 Å². The Labute approximate surface area is 146 Å². The van der Waals surface area contributed by atoms with E-state index in [0.29, 0.717) is 20.7 Å². The maximum Gasteiger partial charge on any atom is 0.433 e. The van der Waals surface area contributed by atoms with Crippen molar-refractivity contribution in [3.05, 3.63) is 57.2 Å². The smallest absolute Gasteiger partial charge is 0.433 e. The maximum atomic E-state index is 12.6. The topological polar surface area (TPSA) is 85.8 Å². The summed E-state index contributed by atoms with van der Waals surface area (Å²) < 4.78 is 10.7. The fourth-order valence-electron chi connectivity index (χ4n) is 2.14. The molecule has 1 fully saturated rings. The standard InChI is InChI=1S/C15H10N2O5S2/c1-21-11-5-3-2-4-10(11)16-14(18)12(24-15(16)23)8-9-6-7-13(22-9)17(19)20/h2-8H,1H3/b12-8-. The van der Waals surface area contributed by atoms with Gasteiger partial charge in [0.1, 0.15) is 16.4 Å². The lowest BCUT2D eigenvalue weighted by Gasteiger charge is -2.17. The molecule has 0 unspecified atom stereocenters. The molecule has 1 amide bonds. The van der Waals surface area contributed by atoms with Crippen molar-refractivity contribution in [1.29, 1.82) is 0 Å². The molecule has 7 nitrogen and oxygen atoms in total. The number of nitro groups is 1. The van der Waals surface area contributed by atoms with Gasteiger partial charge in [-0.1, -0.05) is 36.1 Å². The first kappa shape index (κ1) is 16.2. The van der Waals surface area contributed by atoms with Gasteiger partial charge in [0, 0.05) is 6.08 Å². The van der Waals surface area contributed by atoms with Gasteiger partial charge in [0.2, 0.25) is 0 Å². The molecular formula is C15H10N2O5S2. The second kappa shape index (κ2) is 6.46. The number of hydrogen-bond acceptors (Lipinski definition) is 7. The lowest BCUT2D eigenvalue weighted by atomic mass is 10.2. The quantitative estimate of drug-likeness (QED) is 0.355. The number of para-hydroxylation sites is 2. The van der Waals surface area contributed by atoms with Gasteiger partial charge >= 0.3 is 5.88 Å². The average Bonchev–Trinajstić information content (AvgIpc) is 3.13. The van der Waals surface area contributed by atoms with Crippen LogP contribution in [0.3, 0.4) is 0 Å². The van der Waals surface area contributed by atoms with E-state index in [1.807, 2.05) is 0 Å². The normalized spacial score (nSPS) is 16.0. The monoisotopic (exact) mass is 362 g/mol. The summed E-state index contributed by atoms with van der Waals surface area (Å²) in [5, 5.41) is 10.7. The molecule has 1 aromatic heterocycles. The third kappa shape index (κ3) is 2.91. The molecular weight excluding hydrogens is 352 g/mol. The number of carbonyl (C=O) groups is 1. The van der Waals surface area contributed by atoms with Crippen LogP contribution in [0.15, 0.2) is 45.7 Å². The summed E-state index contributed by atoms with van der Waals surface area (Å²) in [5.74, 6) is 0.000855. The highest BCUT2D eigenvalue weighted by Gasteiger charge is 2.35. The highest BCUT2D eigenvalue weighted by atomic mass is 32.2. The molecule has 1 saturated heterocycles. The Morgan fingerprint density at radius 2 is 2.08 bits per heavy atom. The maximum absolute atomic E-state index is 12.6. The Hall–Kier alpha value is -2.65. The highest BCUT2D eigenvalue weighted by molar-refractivity contribution is 8.27. The van der Waals surface area contributed by atoms with E-state index in [4.69, 9.17) is 21.4 Å². The van der Waals surface area contributed by atoms with E-state index in [1.54, 1.807) is 24.3 Å². The molecule has 0 aliphatic carbocycles. The van der Waals surface area contributed by atoms with Gasteiger partial charge in [0.15, 0.2) is 4.32 Å². The van der Waals surface area contributed by atoms with Crippen LogP contribution in [0, 0.1) is 10.1 Å². The van der Waals surface area contributed by atoms with Crippen LogP contribution in [0.4, 0.5) is 11.6 Å². The van der Waals surface area contributed by atoms with Crippen molar-refractivity contribution in [2.75, 3.05) is 12.0 Å². The van der Waals surface area contributed by atoms with Crippen LogP contribution in [0.25, 0.3) is 6.08 Å². The summed E-state index contributed by atoms with van der Waals surface area (Å²) in [6.45, 7) is 0. The minimum atomic E-state index is -0.641. The zero-order valence-corrected chi connectivity index (χ0v) is 13.9. The van der Waals surface area contributed by atoms with Gasteiger partial charge in [-0.05, 0) is 18.2 Å². The van der Waals surface area contributed by atoms with Crippen molar-refractivity contribution < 1.29 is 18.9 Å². The molecule has 24 heavy (non-hydrogen) atoms. The molecule has 0 saturated carbocycles. The predicted octanol–water partition coefficient (Wildman–Crippen LogP) is 3.60. The first-order valence-electron chi connectivity index (χ1n) is 6.66. The van der Waals surface area contributed by atoms with Gasteiger partial charge in [-0.15, -0.1) is 0 Å². The minimum absolute atomic E-state index is 0.210. The first-order chi connectivity index (χ1) is 11.5. The molecule has 9 heteroatoms. The highest BCUT2D eigenvalue weighted by Crippen LogP contribution is 2.39. The number of rotatable bonds is 4. The van der Waals surface area contributed by atoms with Gasteiger partial charge in [-0.3, -0.25) is 19.8 Å². The molecule has 0 N–H and O–H groups in total. The number of benzene rings is 1. The van der Waals surface area contributed by atoms with Gasteiger partial charge in [0.05, 0.1) is 23.8 Å². The lowest BCUT2D eigenvalue weighted by molar-refractivity contribution is -0.402. The van der Waals surface area contributed by atoms with E-state index in [1.165, 1.54) is 30.2 Å². The Morgan fingerprint density at radius 3 is 2.75 bits per heavy atom. The zero-order valence-electron chi connectivity index (χ0n) is 12.3. The number of amides is 1. The average molecular weight is 362 g/mol. The fourth-order valence-corrected chi connectivity index (χ4v) is 3.40. The van der Waals surface area contributed by atoms with Crippen LogP contribution in [-0.4, -0.2) is 22.3 Å². The largest absolute Gasteiger partial charge is 0.495 e. The number of hydrogen-bond donors (Lipinski definition) is 0. The van der Waals surface area contributed by atoms with E-state index in [2.05, 4.69) is 0 Å². The fraction of sp³-hybridized carbons (Fsp3) is 0.0667. The zero-order chi connectivity index (χ0) is 17.3. The molecule has 2 aromatic rings. The molecule has 3 rings (SSSR count). The Morgan fingerprint density at radius 1 is 1.33 bits per heavy atom. The third-order valence-corrected chi connectivity index (χ3v) is 4.49. The van der Waals surface area contributed by atoms with Crippen LogP contribution >= 0.6 is 24.0 Å². The molecule has 1 aliphatic heterocycles. The lowest BCUT2D eigenvalue weighted by Crippen LogP contribution is -2.27. The number of carbonyl (C=O) groups excluding carboxylic acids is 1. The number of nitrogens with zero attached hydrogens (tertiary/aromatic N) is 2. The van der Waals surface area contributed by atoms with Crippen molar-refractivity contribution in [3.8, 4) is 5.75 Å². The molecule has 1 aliphatic rings. The molecule has 0 bridgehead atoms. The van der Waals surface area contributed by atoms with E-state index in [0.717, 1.165) is 11.8 Å². The third-order valence-electron chi connectivity index (χ3n) is 3.19. The number of thiocarbonyl (C=S) groups is 1. The SMILES string of the molecule is COc1ccccc1N1C(=O)/C(=C/c2ccc([N+](=O)[O-])o2)SC1=S. The number of furan rings is 1. The molecule has 0 atom stereocenters. The van der Waals surface area contributed by atoms with Crippen molar-refractivity contribution in [3.63, 3.8) is 0 Å². The van der Waals surface area contributed by atoms with Crippen LogP contribution in [0.5, 0.6) is 5.75 Å². The van der Waals surface area contributed by atoms with Gasteiger partial charge in [-0.2, -0.15) is 0 Å². The first-order valence-corrected chi connectivity index (χ1v) is 7.89. The van der Waals surface area contributed by atoms with E-state index in [9.17, 15) is 14.9 Å². The summed E-state index contributed by atoms with van der Waals surface area (Å²) >= 11 is 6.37.